The Morgan fingerprint density at radius 2 is 1.77 bits per heavy atom. The van der Waals surface area contributed by atoms with E-state index < -0.39 is 21.8 Å². The lowest BCUT2D eigenvalue weighted by Crippen LogP contribution is -2.35. The van der Waals surface area contributed by atoms with Crippen LogP contribution in [-0.2, 0) is 16.4 Å². The molecule has 7 nitrogen and oxygen atoms in total. The monoisotopic (exact) mass is 373 g/mol. The fourth-order valence-corrected chi connectivity index (χ4v) is 4.42. The number of hydrogen-bond donors (Lipinski definition) is 2. The van der Waals surface area contributed by atoms with Gasteiger partial charge in [-0.25, -0.2) is 8.42 Å². The van der Waals surface area contributed by atoms with Crippen LogP contribution < -0.4 is 10.6 Å². The van der Waals surface area contributed by atoms with Crippen LogP contribution in [-0.4, -0.2) is 42.8 Å². The van der Waals surface area contributed by atoms with Crippen LogP contribution in [0.2, 0.25) is 0 Å². The summed E-state index contributed by atoms with van der Waals surface area (Å²) in [6.07, 6.45) is 3.14. The normalized spacial score (nSPS) is 18.2. The molecule has 0 radical (unpaired) electrons. The molecular weight excluding hydrogens is 354 g/mol. The van der Waals surface area contributed by atoms with E-state index in [-0.39, 0.29) is 28.5 Å². The Morgan fingerprint density at radius 3 is 2.42 bits per heavy atom. The maximum absolute atomic E-state index is 12.3. The lowest BCUT2D eigenvalue weighted by molar-refractivity contribution is 0.0940. The Morgan fingerprint density at radius 1 is 1.08 bits per heavy atom. The van der Waals surface area contributed by atoms with Crippen molar-refractivity contribution in [3.63, 3.8) is 0 Å². The third kappa shape index (κ3) is 4.66. The molecule has 3 rings (SSSR count). The maximum atomic E-state index is 12.3. The fraction of sp³-hybridized carbons (Fsp3) is 0.278. The second-order valence-corrected chi connectivity index (χ2v) is 8.43. The predicted molar refractivity (Wildman–Crippen MR) is 96.4 cm³/mol. The van der Waals surface area contributed by atoms with Crippen molar-refractivity contribution in [2.24, 2.45) is 0 Å². The number of sulfone groups is 1. The van der Waals surface area contributed by atoms with Crippen molar-refractivity contribution < 1.29 is 18.0 Å². The van der Waals surface area contributed by atoms with Crippen LogP contribution in [0, 0.1) is 0 Å². The van der Waals surface area contributed by atoms with Crippen LogP contribution in [0.15, 0.2) is 48.8 Å². The van der Waals surface area contributed by atoms with E-state index in [1.165, 1.54) is 18.5 Å². The number of nitrogens with one attached hydrogen (secondary N) is 2. The summed E-state index contributed by atoms with van der Waals surface area (Å²) in [4.78, 5) is 28.5. The first-order valence-electron chi connectivity index (χ1n) is 8.21. The molecule has 1 aromatic heterocycles. The SMILES string of the molecule is O=C(NCc1ccccc1)c1cncc(C(=O)NC2CCS(=O)(=O)C2)c1. The first-order valence-corrected chi connectivity index (χ1v) is 10.0. The van der Waals surface area contributed by atoms with Crippen LogP contribution in [0.25, 0.3) is 0 Å². The van der Waals surface area contributed by atoms with Crippen molar-refractivity contribution in [2.45, 2.75) is 19.0 Å². The molecular formula is C18H19N3O4S. The Balaban J connectivity index is 1.62. The number of carbonyl (C=O) groups is 2. The zero-order chi connectivity index (χ0) is 18.6. The largest absolute Gasteiger partial charge is 0.348 e. The summed E-state index contributed by atoms with van der Waals surface area (Å²) in [6, 6.07) is 10.5. The van der Waals surface area contributed by atoms with Crippen LogP contribution in [0.3, 0.4) is 0 Å². The lowest BCUT2D eigenvalue weighted by Gasteiger charge is -2.11. The Bertz CT molecular complexity index is 913. The smallest absolute Gasteiger partial charge is 0.253 e. The zero-order valence-electron chi connectivity index (χ0n) is 14.0. The number of pyridine rings is 1. The van der Waals surface area contributed by atoms with Gasteiger partial charge in [0, 0.05) is 25.0 Å². The fourth-order valence-electron chi connectivity index (χ4n) is 2.75. The third-order valence-electron chi connectivity index (χ3n) is 4.13. The molecule has 1 atom stereocenters. The van der Waals surface area contributed by atoms with E-state index in [1.807, 2.05) is 30.3 Å². The Labute approximate surface area is 151 Å². The minimum absolute atomic E-state index is 0.0522. The molecule has 0 bridgehead atoms. The summed E-state index contributed by atoms with van der Waals surface area (Å²) in [5, 5.41) is 5.46. The summed E-state index contributed by atoms with van der Waals surface area (Å²) in [6.45, 7) is 0.371. The minimum atomic E-state index is -3.07. The summed E-state index contributed by atoms with van der Waals surface area (Å²) < 4.78 is 22.9. The predicted octanol–water partition coefficient (Wildman–Crippen LogP) is 0.928. The quantitative estimate of drug-likeness (QED) is 0.811. The molecule has 8 heteroatoms. The highest BCUT2D eigenvalue weighted by Crippen LogP contribution is 2.12. The van der Waals surface area contributed by atoms with Crippen LogP contribution >= 0.6 is 0 Å². The van der Waals surface area contributed by atoms with Gasteiger partial charge in [0.15, 0.2) is 9.84 Å². The number of amides is 2. The van der Waals surface area contributed by atoms with Crippen LogP contribution in [0.5, 0.6) is 0 Å². The van der Waals surface area contributed by atoms with Gasteiger partial charge in [-0.1, -0.05) is 30.3 Å². The number of carbonyl (C=O) groups excluding carboxylic acids is 2. The molecule has 2 heterocycles. The van der Waals surface area contributed by atoms with E-state index >= 15 is 0 Å². The van der Waals surface area contributed by atoms with Crippen molar-refractivity contribution in [3.8, 4) is 0 Å². The summed E-state index contributed by atoms with van der Waals surface area (Å²) >= 11 is 0. The highest BCUT2D eigenvalue weighted by Gasteiger charge is 2.29. The van der Waals surface area contributed by atoms with Gasteiger partial charge in [0.2, 0.25) is 0 Å². The van der Waals surface area contributed by atoms with Crippen molar-refractivity contribution in [3.05, 3.63) is 65.5 Å². The van der Waals surface area contributed by atoms with Crippen LogP contribution in [0.1, 0.15) is 32.7 Å². The molecule has 1 aliphatic heterocycles. The third-order valence-corrected chi connectivity index (χ3v) is 5.89. The van der Waals surface area contributed by atoms with E-state index in [0.717, 1.165) is 5.56 Å². The van der Waals surface area contributed by atoms with Crippen molar-refractivity contribution in [1.82, 2.24) is 15.6 Å². The average Bonchev–Trinajstić information content (AvgIpc) is 2.99. The van der Waals surface area contributed by atoms with Gasteiger partial charge < -0.3 is 10.6 Å². The highest BCUT2D eigenvalue weighted by atomic mass is 32.2. The van der Waals surface area contributed by atoms with E-state index in [9.17, 15) is 18.0 Å². The second kappa shape index (κ2) is 7.65. The molecule has 2 amide bonds. The molecule has 1 aliphatic rings. The molecule has 2 N–H and O–H groups in total. The molecule has 1 unspecified atom stereocenters. The first kappa shape index (κ1) is 18.1. The van der Waals surface area contributed by atoms with Gasteiger partial charge in [0.1, 0.15) is 0 Å². The molecule has 136 valence electrons. The van der Waals surface area contributed by atoms with E-state index in [2.05, 4.69) is 15.6 Å². The number of rotatable bonds is 5. The van der Waals surface area contributed by atoms with Crippen molar-refractivity contribution >= 4 is 21.7 Å². The number of hydrogen-bond acceptors (Lipinski definition) is 5. The first-order chi connectivity index (χ1) is 12.4. The average molecular weight is 373 g/mol. The summed E-state index contributed by atoms with van der Waals surface area (Å²) in [5.74, 6) is -0.738. The van der Waals surface area contributed by atoms with Gasteiger partial charge in [-0.15, -0.1) is 0 Å². The molecule has 1 fully saturated rings. The molecule has 1 saturated heterocycles. The van der Waals surface area contributed by atoms with E-state index in [0.29, 0.717) is 13.0 Å². The molecule has 2 aromatic rings. The minimum Gasteiger partial charge on any atom is -0.348 e. The maximum Gasteiger partial charge on any atom is 0.253 e. The number of benzene rings is 1. The topological polar surface area (TPSA) is 105 Å². The lowest BCUT2D eigenvalue weighted by atomic mass is 10.1. The highest BCUT2D eigenvalue weighted by molar-refractivity contribution is 7.91. The molecule has 0 aliphatic carbocycles. The van der Waals surface area contributed by atoms with Crippen molar-refractivity contribution in [1.29, 1.82) is 0 Å². The zero-order valence-corrected chi connectivity index (χ0v) is 14.8. The van der Waals surface area contributed by atoms with Gasteiger partial charge in [-0.05, 0) is 18.1 Å². The van der Waals surface area contributed by atoms with Gasteiger partial charge in [0.25, 0.3) is 11.8 Å². The molecule has 1 aromatic carbocycles. The molecule has 0 saturated carbocycles. The van der Waals surface area contributed by atoms with Gasteiger partial charge >= 0.3 is 0 Å². The van der Waals surface area contributed by atoms with Gasteiger partial charge in [0.05, 0.1) is 22.6 Å². The summed E-state index contributed by atoms with van der Waals surface area (Å²) in [7, 11) is -3.07. The van der Waals surface area contributed by atoms with Gasteiger partial charge in [-0.2, -0.15) is 0 Å². The molecule has 26 heavy (non-hydrogen) atoms. The van der Waals surface area contributed by atoms with Crippen LogP contribution in [0.4, 0.5) is 0 Å². The van der Waals surface area contributed by atoms with E-state index in [1.54, 1.807) is 0 Å². The summed E-state index contributed by atoms with van der Waals surface area (Å²) in [5.41, 5.74) is 1.46. The van der Waals surface area contributed by atoms with E-state index in [4.69, 9.17) is 0 Å². The Kier molecular flexibility index (Phi) is 5.32. The molecule has 0 spiro atoms. The second-order valence-electron chi connectivity index (χ2n) is 6.20. The standard InChI is InChI=1S/C18H19N3O4S/c22-17(20-9-13-4-2-1-3-5-13)14-8-15(11-19-10-14)18(23)21-16-6-7-26(24,25)12-16/h1-5,8,10-11,16H,6-7,9,12H2,(H,20,22)(H,21,23). The number of aromatic nitrogens is 1. The van der Waals surface area contributed by atoms with Gasteiger partial charge in [-0.3, -0.25) is 14.6 Å². The Hall–Kier alpha value is -2.74. The number of nitrogens with zero attached hydrogens (tertiary/aromatic N) is 1. The van der Waals surface area contributed by atoms with Crippen molar-refractivity contribution in [2.75, 3.05) is 11.5 Å².